The van der Waals surface area contributed by atoms with Gasteiger partial charge in [-0.1, -0.05) is 23.7 Å². The monoisotopic (exact) mass is 386 g/mol. The van der Waals surface area contributed by atoms with Crippen LogP contribution in [0.15, 0.2) is 46.9 Å². The molecule has 0 radical (unpaired) electrons. The largest absolute Gasteiger partial charge is 0.493 e. The van der Waals surface area contributed by atoms with Gasteiger partial charge < -0.3 is 13.9 Å². The van der Waals surface area contributed by atoms with Crippen LogP contribution in [-0.2, 0) is 16.1 Å². The van der Waals surface area contributed by atoms with Crippen LogP contribution in [0.1, 0.15) is 23.4 Å². The summed E-state index contributed by atoms with van der Waals surface area (Å²) in [7, 11) is 0. The lowest BCUT2D eigenvalue weighted by atomic mass is 10.1. The van der Waals surface area contributed by atoms with Crippen molar-refractivity contribution >= 4 is 17.6 Å². The third-order valence-electron chi connectivity index (χ3n) is 3.82. The number of hydrogen-bond acceptors (Lipinski definition) is 6. The molecule has 0 atom stereocenters. The van der Waals surface area contributed by atoms with Crippen molar-refractivity contribution in [3.8, 4) is 17.2 Å². The number of ether oxygens (including phenoxy) is 2. The summed E-state index contributed by atoms with van der Waals surface area (Å²) in [6.07, 6.45) is 0.131. The zero-order chi connectivity index (χ0) is 19.2. The molecule has 140 valence electrons. The second-order valence-corrected chi connectivity index (χ2v) is 6.47. The van der Waals surface area contributed by atoms with Crippen LogP contribution in [-0.4, -0.2) is 22.8 Å². The first-order valence-corrected chi connectivity index (χ1v) is 8.83. The van der Waals surface area contributed by atoms with Crippen LogP contribution in [0.25, 0.3) is 11.5 Å². The number of nitrogens with zero attached hydrogens (tertiary/aromatic N) is 2. The molecule has 0 saturated carbocycles. The maximum atomic E-state index is 11.9. The van der Waals surface area contributed by atoms with Gasteiger partial charge in [-0.2, -0.15) is 0 Å². The summed E-state index contributed by atoms with van der Waals surface area (Å²) in [6, 6.07) is 13.0. The molecule has 1 heterocycles. The fraction of sp³-hybridized carbons (Fsp3) is 0.250. The molecule has 0 fully saturated rings. The Hall–Kier alpha value is -2.86. The summed E-state index contributed by atoms with van der Waals surface area (Å²) >= 11 is 5.85. The zero-order valence-electron chi connectivity index (χ0n) is 15.1. The molecule has 0 aliphatic rings. The van der Waals surface area contributed by atoms with Crippen LogP contribution in [0, 0.1) is 13.8 Å². The van der Waals surface area contributed by atoms with E-state index in [-0.39, 0.29) is 25.5 Å². The van der Waals surface area contributed by atoms with E-state index in [1.165, 1.54) is 0 Å². The van der Waals surface area contributed by atoms with Crippen molar-refractivity contribution in [2.45, 2.75) is 26.9 Å². The Morgan fingerprint density at radius 3 is 2.67 bits per heavy atom. The van der Waals surface area contributed by atoms with Crippen LogP contribution in [0.5, 0.6) is 5.75 Å². The van der Waals surface area contributed by atoms with Crippen LogP contribution in [0.2, 0.25) is 5.02 Å². The molecule has 3 aromatic rings. The smallest absolute Gasteiger partial charge is 0.309 e. The fourth-order valence-corrected chi connectivity index (χ4v) is 2.47. The van der Waals surface area contributed by atoms with Crippen molar-refractivity contribution in [2.75, 3.05) is 6.61 Å². The third-order valence-corrected chi connectivity index (χ3v) is 4.07. The summed E-state index contributed by atoms with van der Waals surface area (Å²) in [5.74, 6) is 0.943. The van der Waals surface area contributed by atoms with E-state index in [9.17, 15) is 4.79 Å². The maximum Gasteiger partial charge on any atom is 0.309 e. The highest BCUT2D eigenvalue weighted by molar-refractivity contribution is 6.30. The number of aryl methyl sites for hydroxylation is 2. The average Bonchev–Trinajstić information content (AvgIpc) is 3.12. The Morgan fingerprint density at radius 1 is 1.11 bits per heavy atom. The molecule has 0 bridgehead atoms. The van der Waals surface area contributed by atoms with Gasteiger partial charge in [-0.15, -0.1) is 10.2 Å². The summed E-state index contributed by atoms with van der Waals surface area (Å²) in [5, 5.41) is 8.44. The van der Waals surface area contributed by atoms with Gasteiger partial charge in [0.25, 0.3) is 5.89 Å². The van der Waals surface area contributed by atoms with Gasteiger partial charge in [-0.05, 0) is 55.3 Å². The van der Waals surface area contributed by atoms with Gasteiger partial charge in [-0.25, -0.2) is 0 Å². The molecule has 7 heteroatoms. The number of rotatable bonds is 7. The van der Waals surface area contributed by atoms with E-state index in [2.05, 4.69) is 10.2 Å². The summed E-state index contributed by atoms with van der Waals surface area (Å²) in [4.78, 5) is 11.9. The number of halogens is 1. The molecule has 0 aliphatic heterocycles. The van der Waals surface area contributed by atoms with Gasteiger partial charge in [0.2, 0.25) is 5.89 Å². The molecule has 1 aromatic heterocycles. The standard InChI is InChI=1S/C20H19ClN2O4/c1-13-3-4-14(2)17(11-13)25-10-9-19(24)26-12-18-22-23-20(27-18)15-5-7-16(21)8-6-15/h3-8,11H,9-10,12H2,1-2H3. The first-order valence-electron chi connectivity index (χ1n) is 8.45. The quantitative estimate of drug-likeness (QED) is 0.556. The van der Waals surface area contributed by atoms with E-state index in [1.807, 2.05) is 32.0 Å². The second kappa shape index (κ2) is 8.68. The number of benzene rings is 2. The predicted octanol–water partition coefficient (Wildman–Crippen LogP) is 4.52. The summed E-state index contributed by atoms with van der Waals surface area (Å²) < 4.78 is 16.3. The van der Waals surface area contributed by atoms with E-state index in [4.69, 9.17) is 25.5 Å². The Bertz CT molecular complexity index is 922. The van der Waals surface area contributed by atoms with Crippen molar-refractivity contribution in [1.29, 1.82) is 0 Å². The van der Waals surface area contributed by atoms with Crippen molar-refractivity contribution in [2.24, 2.45) is 0 Å². The molecule has 6 nitrogen and oxygen atoms in total. The highest BCUT2D eigenvalue weighted by Crippen LogP contribution is 2.21. The predicted molar refractivity (Wildman–Crippen MR) is 101 cm³/mol. The Kier molecular flexibility index (Phi) is 6.08. The maximum absolute atomic E-state index is 11.9. The van der Waals surface area contributed by atoms with E-state index in [1.54, 1.807) is 24.3 Å². The van der Waals surface area contributed by atoms with Gasteiger partial charge in [0.05, 0.1) is 13.0 Å². The lowest BCUT2D eigenvalue weighted by molar-refractivity contribution is -0.146. The first kappa shape index (κ1) is 18.9. The molecule has 3 rings (SSSR count). The Labute approximate surface area is 162 Å². The van der Waals surface area contributed by atoms with Gasteiger partial charge in [0.1, 0.15) is 5.75 Å². The van der Waals surface area contributed by atoms with Crippen LogP contribution < -0.4 is 4.74 Å². The molecule has 0 spiro atoms. The highest BCUT2D eigenvalue weighted by Gasteiger charge is 2.11. The van der Waals surface area contributed by atoms with E-state index in [0.29, 0.717) is 10.9 Å². The highest BCUT2D eigenvalue weighted by atomic mass is 35.5. The molecule has 0 aliphatic carbocycles. The minimum absolute atomic E-state index is 0.0805. The van der Waals surface area contributed by atoms with Crippen molar-refractivity contribution in [1.82, 2.24) is 10.2 Å². The van der Waals surface area contributed by atoms with Gasteiger partial charge >= 0.3 is 5.97 Å². The number of carbonyl (C=O) groups excluding carboxylic acids is 1. The first-order chi connectivity index (χ1) is 13.0. The molecular weight excluding hydrogens is 368 g/mol. The molecule has 0 saturated heterocycles. The van der Waals surface area contributed by atoms with Crippen LogP contribution >= 0.6 is 11.6 Å². The average molecular weight is 387 g/mol. The summed E-state index contributed by atoms with van der Waals surface area (Å²) in [5.41, 5.74) is 2.87. The molecule has 0 N–H and O–H groups in total. The number of esters is 1. The molecule has 0 unspecified atom stereocenters. The normalized spacial score (nSPS) is 10.6. The van der Waals surface area contributed by atoms with Crippen molar-refractivity contribution < 1.29 is 18.7 Å². The third kappa shape index (κ3) is 5.31. The molecular formula is C20H19ClN2O4. The van der Waals surface area contributed by atoms with E-state index < -0.39 is 5.97 Å². The SMILES string of the molecule is Cc1ccc(C)c(OCCC(=O)OCc2nnc(-c3ccc(Cl)cc3)o2)c1. The van der Waals surface area contributed by atoms with Gasteiger partial charge in [0.15, 0.2) is 6.61 Å². The number of hydrogen-bond donors (Lipinski definition) is 0. The van der Waals surface area contributed by atoms with Crippen LogP contribution in [0.4, 0.5) is 0 Å². The Balaban J connectivity index is 1.45. The molecule has 2 aromatic carbocycles. The second-order valence-electron chi connectivity index (χ2n) is 6.04. The van der Waals surface area contributed by atoms with Crippen molar-refractivity contribution in [3.05, 3.63) is 64.5 Å². The number of carbonyl (C=O) groups is 1. The van der Waals surface area contributed by atoms with E-state index in [0.717, 1.165) is 22.4 Å². The Morgan fingerprint density at radius 2 is 1.89 bits per heavy atom. The molecule has 0 amide bonds. The van der Waals surface area contributed by atoms with Crippen LogP contribution in [0.3, 0.4) is 0 Å². The lowest BCUT2D eigenvalue weighted by Crippen LogP contribution is -2.10. The fourth-order valence-electron chi connectivity index (χ4n) is 2.34. The number of aromatic nitrogens is 2. The van der Waals surface area contributed by atoms with Gasteiger partial charge in [-0.3, -0.25) is 4.79 Å². The minimum atomic E-state index is -0.397. The lowest BCUT2D eigenvalue weighted by Gasteiger charge is -2.09. The minimum Gasteiger partial charge on any atom is -0.493 e. The zero-order valence-corrected chi connectivity index (χ0v) is 15.8. The topological polar surface area (TPSA) is 74.5 Å². The van der Waals surface area contributed by atoms with Gasteiger partial charge in [0, 0.05) is 10.6 Å². The van der Waals surface area contributed by atoms with Crippen molar-refractivity contribution in [3.63, 3.8) is 0 Å². The van der Waals surface area contributed by atoms with E-state index >= 15 is 0 Å². The summed E-state index contributed by atoms with van der Waals surface area (Å²) in [6.45, 7) is 4.11. The molecule has 27 heavy (non-hydrogen) atoms.